The summed E-state index contributed by atoms with van der Waals surface area (Å²) in [6.45, 7) is 4.70. The molecular weight excluding hydrogens is 182 g/mol. The van der Waals surface area contributed by atoms with Crippen LogP contribution in [0, 0.1) is 0 Å². The van der Waals surface area contributed by atoms with Gasteiger partial charge in [0.15, 0.2) is 0 Å². The Hall–Kier alpha value is -0.780. The van der Waals surface area contributed by atoms with Crippen LogP contribution in [0.1, 0.15) is 20.8 Å². The van der Waals surface area contributed by atoms with Gasteiger partial charge in [0.25, 0.3) is 0 Å². The van der Waals surface area contributed by atoms with Crippen LogP contribution in [-0.2, 0) is 14.8 Å². The van der Waals surface area contributed by atoms with Crippen LogP contribution >= 0.6 is 0 Å². The lowest BCUT2D eigenvalue weighted by atomic mass is 10.6. The van der Waals surface area contributed by atoms with Gasteiger partial charge in [0.2, 0.25) is 10.0 Å². The van der Waals surface area contributed by atoms with Crippen LogP contribution in [0.3, 0.4) is 0 Å². The van der Waals surface area contributed by atoms with Gasteiger partial charge in [-0.1, -0.05) is 0 Å². The Morgan fingerprint density at radius 1 is 1.50 bits per heavy atom. The van der Waals surface area contributed by atoms with Gasteiger partial charge in [0.05, 0.1) is 11.9 Å². The van der Waals surface area contributed by atoms with Crippen LogP contribution < -0.4 is 4.72 Å². The van der Waals surface area contributed by atoms with Crippen molar-refractivity contribution in [2.24, 2.45) is 0 Å². The number of hydrogen-bond acceptors (Lipinski definition) is 4. The average molecular weight is 195 g/mol. The first-order valence-electron chi connectivity index (χ1n) is 3.58. The molecule has 72 valence electrons. The fourth-order valence-electron chi connectivity index (χ4n) is 0.395. The van der Waals surface area contributed by atoms with Gasteiger partial charge in [-0.25, -0.2) is 17.9 Å². The summed E-state index contributed by atoms with van der Waals surface area (Å²) in [4.78, 5) is 10.7. The summed E-state index contributed by atoms with van der Waals surface area (Å²) in [7, 11) is -3.54. The van der Waals surface area contributed by atoms with Gasteiger partial charge >= 0.3 is 6.09 Å². The number of amides is 1. The summed E-state index contributed by atoms with van der Waals surface area (Å²) in [5.74, 6) is 0. The van der Waals surface area contributed by atoms with Crippen LogP contribution in [0.5, 0.6) is 0 Å². The van der Waals surface area contributed by atoms with Gasteiger partial charge in [-0.05, 0) is 20.8 Å². The van der Waals surface area contributed by atoms with Gasteiger partial charge in [-0.2, -0.15) is 0 Å². The molecule has 0 unspecified atom stereocenters. The normalized spacial score (nSPS) is 11.3. The molecule has 0 spiro atoms. The monoisotopic (exact) mass is 195 g/mol. The number of nitrogens with one attached hydrogen (secondary N) is 1. The fraction of sp³-hybridized carbons (Fsp3) is 0.833. The number of rotatable bonds is 3. The number of sulfonamides is 1. The quantitative estimate of drug-likeness (QED) is 0.710. The van der Waals surface area contributed by atoms with Crippen LogP contribution in [0.2, 0.25) is 0 Å². The topological polar surface area (TPSA) is 72.5 Å². The predicted molar refractivity (Wildman–Crippen MR) is 44.2 cm³/mol. The predicted octanol–water partition coefficient (Wildman–Crippen LogP) is 0.471. The minimum absolute atomic E-state index is 0.152. The third-order valence-electron chi connectivity index (χ3n) is 1.12. The van der Waals surface area contributed by atoms with Gasteiger partial charge in [-0.15, -0.1) is 0 Å². The maximum atomic E-state index is 11.0. The molecule has 5 nitrogen and oxygen atoms in total. The summed E-state index contributed by atoms with van der Waals surface area (Å²) >= 11 is 0. The molecule has 0 atom stereocenters. The molecule has 0 saturated carbocycles. The van der Waals surface area contributed by atoms with E-state index in [1.165, 1.54) is 13.8 Å². The third-order valence-corrected chi connectivity index (χ3v) is 2.81. The largest absolute Gasteiger partial charge is 0.449 e. The van der Waals surface area contributed by atoms with Gasteiger partial charge < -0.3 is 4.74 Å². The summed E-state index contributed by atoms with van der Waals surface area (Å²) in [6.07, 6.45) is -0.925. The maximum Gasteiger partial charge on any atom is 0.420 e. The van der Waals surface area contributed by atoms with Crippen molar-refractivity contribution in [3.8, 4) is 0 Å². The smallest absolute Gasteiger partial charge is 0.420 e. The van der Waals surface area contributed by atoms with Crippen LogP contribution in [0.15, 0.2) is 0 Å². The molecule has 0 aliphatic carbocycles. The van der Waals surface area contributed by atoms with Gasteiger partial charge in [-0.3, -0.25) is 0 Å². The zero-order valence-corrected chi connectivity index (χ0v) is 8.14. The molecular formula is C6H13NO4S. The summed E-state index contributed by atoms with van der Waals surface area (Å²) in [5.41, 5.74) is 0. The molecule has 6 heteroatoms. The average Bonchev–Trinajstić information content (AvgIpc) is 1.85. The van der Waals surface area contributed by atoms with E-state index in [9.17, 15) is 13.2 Å². The molecule has 0 bridgehead atoms. The molecule has 0 aliphatic rings. The SMILES string of the molecule is CCOC(=O)NS(=O)(=O)C(C)C. The van der Waals surface area contributed by atoms with Crippen molar-refractivity contribution in [3.63, 3.8) is 0 Å². The van der Waals surface area contributed by atoms with E-state index in [1.54, 1.807) is 11.6 Å². The van der Waals surface area contributed by atoms with Crippen molar-refractivity contribution < 1.29 is 17.9 Å². The summed E-state index contributed by atoms with van der Waals surface area (Å²) in [6, 6.07) is 0. The van der Waals surface area contributed by atoms with E-state index in [-0.39, 0.29) is 6.61 Å². The van der Waals surface area contributed by atoms with Gasteiger partial charge in [0.1, 0.15) is 0 Å². The molecule has 0 heterocycles. The first-order chi connectivity index (χ1) is 5.40. The Labute approximate surface area is 72.1 Å². The van der Waals surface area contributed by atoms with Crippen molar-refractivity contribution in [1.82, 2.24) is 4.72 Å². The minimum atomic E-state index is -3.54. The van der Waals surface area contributed by atoms with E-state index in [4.69, 9.17) is 0 Å². The lowest BCUT2D eigenvalue weighted by Gasteiger charge is -2.08. The lowest BCUT2D eigenvalue weighted by Crippen LogP contribution is -2.36. The highest BCUT2D eigenvalue weighted by molar-refractivity contribution is 7.90. The Morgan fingerprint density at radius 3 is 2.33 bits per heavy atom. The first-order valence-corrected chi connectivity index (χ1v) is 5.13. The fourth-order valence-corrected chi connectivity index (χ4v) is 0.921. The van der Waals surface area contributed by atoms with Crippen molar-refractivity contribution in [3.05, 3.63) is 0 Å². The number of carbonyl (C=O) groups excluding carboxylic acids is 1. The highest BCUT2D eigenvalue weighted by Crippen LogP contribution is 1.95. The molecule has 0 aromatic rings. The number of hydrogen-bond donors (Lipinski definition) is 1. The zero-order chi connectivity index (χ0) is 9.78. The van der Waals surface area contributed by atoms with Crippen molar-refractivity contribution >= 4 is 16.1 Å². The highest BCUT2D eigenvalue weighted by Gasteiger charge is 2.18. The first kappa shape index (κ1) is 11.2. The van der Waals surface area contributed by atoms with E-state index in [0.717, 1.165) is 0 Å². The van der Waals surface area contributed by atoms with Crippen LogP contribution in [0.25, 0.3) is 0 Å². The maximum absolute atomic E-state index is 11.0. The molecule has 0 fully saturated rings. The Morgan fingerprint density at radius 2 is 2.00 bits per heavy atom. The molecule has 1 N–H and O–H groups in total. The standard InChI is InChI=1S/C6H13NO4S/c1-4-11-6(8)7-12(9,10)5(2)3/h5H,4H2,1-3H3,(H,7,8). The van der Waals surface area contributed by atoms with Crippen LogP contribution in [0.4, 0.5) is 4.79 Å². The van der Waals surface area contributed by atoms with Crippen molar-refractivity contribution in [1.29, 1.82) is 0 Å². The Bertz CT molecular complexity index is 244. The minimum Gasteiger partial charge on any atom is -0.449 e. The molecule has 0 radical (unpaired) electrons. The molecule has 0 aromatic carbocycles. The van der Waals surface area contributed by atoms with Gasteiger partial charge in [0, 0.05) is 0 Å². The van der Waals surface area contributed by atoms with E-state index < -0.39 is 21.4 Å². The molecule has 0 saturated heterocycles. The Balaban J connectivity index is 4.17. The number of carbonyl (C=O) groups is 1. The van der Waals surface area contributed by atoms with Crippen LogP contribution in [-0.4, -0.2) is 26.4 Å². The second-order valence-corrected chi connectivity index (χ2v) is 4.65. The second kappa shape index (κ2) is 4.30. The lowest BCUT2D eigenvalue weighted by molar-refractivity contribution is 0.158. The zero-order valence-electron chi connectivity index (χ0n) is 7.33. The van der Waals surface area contributed by atoms with Crippen molar-refractivity contribution in [2.45, 2.75) is 26.0 Å². The van der Waals surface area contributed by atoms with E-state index in [1.807, 2.05) is 0 Å². The summed E-state index contributed by atoms with van der Waals surface area (Å²) in [5, 5.41) is -0.637. The molecule has 12 heavy (non-hydrogen) atoms. The van der Waals surface area contributed by atoms with E-state index >= 15 is 0 Å². The summed E-state index contributed by atoms with van der Waals surface area (Å²) < 4.78 is 28.2. The molecule has 1 amide bonds. The van der Waals surface area contributed by atoms with E-state index in [2.05, 4.69) is 4.74 Å². The third kappa shape index (κ3) is 3.56. The van der Waals surface area contributed by atoms with Crippen molar-refractivity contribution in [2.75, 3.05) is 6.61 Å². The second-order valence-electron chi connectivity index (χ2n) is 2.42. The molecule has 0 rings (SSSR count). The molecule has 0 aromatic heterocycles. The highest BCUT2D eigenvalue weighted by atomic mass is 32.2. The number of ether oxygens (including phenoxy) is 1. The van der Waals surface area contributed by atoms with E-state index in [0.29, 0.717) is 0 Å². The molecule has 0 aliphatic heterocycles. The Kier molecular flexibility index (Phi) is 4.02.